The molecule has 13 heavy (non-hydrogen) atoms. The zero-order valence-electron chi connectivity index (χ0n) is 7.27. The molecular formula is C9H9Br3S. The average Bonchev–Trinajstić information content (AvgIpc) is 2.47. The third kappa shape index (κ3) is 1.48. The SMILES string of the molecule is C[C@@H]1[C@@H](C)C1(Br)c1cc(Br)sc1Br. The third-order valence-corrected chi connectivity index (χ3v) is 7.25. The van der Waals surface area contributed by atoms with Gasteiger partial charge in [0, 0.05) is 0 Å². The second-order valence-electron chi connectivity index (χ2n) is 3.58. The Kier molecular flexibility index (Phi) is 2.72. The molecule has 4 heteroatoms. The Morgan fingerprint density at radius 3 is 2.15 bits per heavy atom. The molecule has 2 atom stereocenters. The van der Waals surface area contributed by atoms with Crippen LogP contribution in [0.15, 0.2) is 13.6 Å². The van der Waals surface area contributed by atoms with Gasteiger partial charge in [-0.15, -0.1) is 11.3 Å². The Morgan fingerprint density at radius 2 is 1.85 bits per heavy atom. The van der Waals surface area contributed by atoms with Crippen molar-refractivity contribution < 1.29 is 0 Å². The maximum absolute atomic E-state index is 3.85. The van der Waals surface area contributed by atoms with E-state index in [0.29, 0.717) is 0 Å². The molecule has 1 saturated carbocycles. The highest BCUT2D eigenvalue weighted by atomic mass is 79.9. The van der Waals surface area contributed by atoms with Gasteiger partial charge >= 0.3 is 0 Å². The van der Waals surface area contributed by atoms with Crippen molar-refractivity contribution in [1.29, 1.82) is 0 Å². The van der Waals surface area contributed by atoms with Gasteiger partial charge in [-0.3, -0.25) is 0 Å². The second kappa shape index (κ2) is 3.32. The Balaban J connectivity index is 2.42. The smallest absolute Gasteiger partial charge is 0.0756 e. The van der Waals surface area contributed by atoms with Crippen LogP contribution in [-0.4, -0.2) is 0 Å². The predicted molar refractivity (Wildman–Crippen MR) is 68.7 cm³/mol. The number of hydrogen-bond donors (Lipinski definition) is 0. The van der Waals surface area contributed by atoms with Crippen LogP contribution in [0.5, 0.6) is 0 Å². The molecule has 72 valence electrons. The lowest BCUT2D eigenvalue weighted by atomic mass is 10.2. The lowest BCUT2D eigenvalue weighted by Crippen LogP contribution is -1.98. The van der Waals surface area contributed by atoms with Crippen LogP contribution in [0, 0.1) is 11.8 Å². The summed E-state index contributed by atoms with van der Waals surface area (Å²) in [4.78, 5) is 0. The first-order valence-corrected chi connectivity index (χ1v) is 7.31. The van der Waals surface area contributed by atoms with Crippen molar-refractivity contribution in [3.63, 3.8) is 0 Å². The molecule has 1 aliphatic carbocycles. The highest BCUT2D eigenvalue weighted by molar-refractivity contribution is 9.12. The predicted octanol–water partition coefficient (Wildman–Crippen LogP) is 5.15. The Morgan fingerprint density at radius 1 is 1.31 bits per heavy atom. The zero-order chi connectivity index (χ0) is 9.80. The fourth-order valence-electron chi connectivity index (χ4n) is 1.82. The van der Waals surface area contributed by atoms with Crippen LogP contribution in [0.2, 0.25) is 0 Å². The summed E-state index contributed by atoms with van der Waals surface area (Å²) in [7, 11) is 0. The quantitative estimate of drug-likeness (QED) is 0.584. The molecule has 1 heterocycles. The largest absolute Gasteiger partial charge is 0.121 e. The van der Waals surface area contributed by atoms with Crippen LogP contribution in [0.25, 0.3) is 0 Å². The van der Waals surface area contributed by atoms with Gasteiger partial charge in [-0.05, 0) is 55.3 Å². The summed E-state index contributed by atoms with van der Waals surface area (Å²) in [5, 5.41) is 0. The van der Waals surface area contributed by atoms with E-state index in [0.717, 1.165) is 11.8 Å². The molecule has 0 amide bonds. The van der Waals surface area contributed by atoms with Crippen LogP contribution in [-0.2, 0) is 4.32 Å². The lowest BCUT2D eigenvalue weighted by molar-refractivity contribution is 0.834. The van der Waals surface area contributed by atoms with E-state index in [1.54, 1.807) is 11.3 Å². The summed E-state index contributed by atoms with van der Waals surface area (Å²) in [6, 6.07) is 2.21. The molecular weight excluding hydrogens is 380 g/mol. The monoisotopic (exact) mass is 386 g/mol. The molecule has 0 unspecified atom stereocenters. The molecule has 0 aromatic carbocycles. The van der Waals surface area contributed by atoms with E-state index in [-0.39, 0.29) is 4.32 Å². The summed E-state index contributed by atoms with van der Waals surface area (Å²) in [6.45, 7) is 4.58. The Bertz CT molecular complexity index is 337. The maximum atomic E-state index is 3.85. The van der Waals surface area contributed by atoms with Crippen molar-refractivity contribution in [1.82, 2.24) is 0 Å². The summed E-state index contributed by atoms with van der Waals surface area (Å²) >= 11 is 12.7. The van der Waals surface area contributed by atoms with Gasteiger partial charge in [-0.1, -0.05) is 29.8 Å². The molecule has 0 aliphatic heterocycles. The van der Waals surface area contributed by atoms with E-state index in [9.17, 15) is 0 Å². The number of halogens is 3. The number of alkyl halides is 1. The first-order chi connectivity index (χ1) is 5.98. The Labute approximate surface area is 107 Å². The summed E-state index contributed by atoms with van der Waals surface area (Å²) in [5.41, 5.74) is 1.39. The first kappa shape index (κ1) is 10.7. The van der Waals surface area contributed by atoms with Gasteiger partial charge < -0.3 is 0 Å². The minimum atomic E-state index is 0.217. The van der Waals surface area contributed by atoms with Crippen LogP contribution in [0.4, 0.5) is 0 Å². The fraction of sp³-hybridized carbons (Fsp3) is 0.556. The summed E-state index contributed by atoms with van der Waals surface area (Å²) in [5.74, 6) is 1.45. The average molecular weight is 389 g/mol. The second-order valence-corrected chi connectivity index (χ2v) is 8.64. The first-order valence-electron chi connectivity index (χ1n) is 4.12. The van der Waals surface area contributed by atoms with Gasteiger partial charge in [0.15, 0.2) is 0 Å². The minimum Gasteiger partial charge on any atom is -0.121 e. The molecule has 0 bridgehead atoms. The van der Waals surface area contributed by atoms with E-state index in [2.05, 4.69) is 67.7 Å². The van der Waals surface area contributed by atoms with Crippen molar-refractivity contribution in [2.45, 2.75) is 18.2 Å². The van der Waals surface area contributed by atoms with Crippen molar-refractivity contribution in [3.8, 4) is 0 Å². The lowest BCUT2D eigenvalue weighted by Gasteiger charge is -2.06. The van der Waals surface area contributed by atoms with Crippen molar-refractivity contribution in [2.75, 3.05) is 0 Å². The molecule has 1 aliphatic rings. The minimum absolute atomic E-state index is 0.217. The van der Waals surface area contributed by atoms with Gasteiger partial charge in [-0.25, -0.2) is 0 Å². The van der Waals surface area contributed by atoms with Gasteiger partial charge in [0.2, 0.25) is 0 Å². The van der Waals surface area contributed by atoms with E-state index < -0.39 is 0 Å². The van der Waals surface area contributed by atoms with Gasteiger partial charge in [-0.2, -0.15) is 0 Å². The highest BCUT2D eigenvalue weighted by Crippen LogP contribution is 2.66. The van der Waals surface area contributed by atoms with Gasteiger partial charge in [0.25, 0.3) is 0 Å². The molecule has 0 N–H and O–H groups in total. The molecule has 1 aromatic heterocycles. The molecule has 1 fully saturated rings. The number of rotatable bonds is 1. The molecule has 0 nitrogen and oxygen atoms in total. The van der Waals surface area contributed by atoms with Crippen LogP contribution >= 0.6 is 59.1 Å². The molecule has 0 saturated heterocycles. The maximum Gasteiger partial charge on any atom is 0.0756 e. The van der Waals surface area contributed by atoms with Gasteiger partial charge in [0.05, 0.1) is 11.9 Å². The number of hydrogen-bond acceptors (Lipinski definition) is 1. The number of thiophene rings is 1. The van der Waals surface area contributed by atoms with Crippen LogP contribution in [0.3, 0.4) is 0 Å². The molecule has 0 radical (unpaired) electrons. The molecule has 0 spiro atoms. The van der Waals surface area contributed by atoms with Crippen molar-refractivity contribution in [2.24, 2.45) is 11.8 Å². The highest BCUT2D eigenvalue weighted by Gasteiger charge is 2.59. The van der Waals surface area contributed by atoms with E-state index in [1.807, 2.05) is 0 Å². The fourth-order valence-corrected chi connectivity index (χ4v) is 6.21. The molecule has 2 rings (SSSR count). The van der Waals surface area contributed by atoms with Crippen LogP contribution in [0.1, 0.15) is 19.4 Å². The topological polar surface area (TPSA) is 0 Å². The zero-order valence-corrected chi connectivity index (χ0v) is 12.8. The van der Waals surface area contributed by atoms with E-state index >= 15 is 0 Å². The van der Waals surface area contributed by atoms with Crippen molar-refractivity contribution >= 4 is 59.1 Å². The third-order valence-electron chi connectivity index (χ3n) is 3.04. The Hall–Kier alpha value is 1.14. The van der Waals surface area contributed by atoms with E-state index in [1.165, 1.54) is 13.1 Å². The summed E-state index contributed by atoms with van der Waals surface area (Å²) < 4.78 is 2.65. The van der Waals surface area contributed by atoms with Gasteiger partial charge in [0.1, 0.15) is 0 Å². The standard InChI is InChI=1S/C9H9Br3S/c1-4-5(2)9(4,12)6-3-7(10)13-8(6)11/h3-5H,1-2H3/t4-,5-/m1/s1. The van der Waals surface area contributed by atoms with Crippen molar-refractivity contribution in [3.05, 3.63) is 19.2 Å². The molecule has 1 aromatic rings. The van der Waals surface area contributed by atoms with E-state index in [4.69, 9.17) is 0 Å². The summed E-state index contributed by atoms with van der Waals surface area (Å²) in [6.07, 6.45) is 0. The van der Waals surface area contributed by atoms with Crippen LogP contribution < -0.4 is 0 Å². The normalized spacial score (nSPS) is 37.9.